The van der Waals surface area contributed by atoms with Gasteiger partial charge in [-0.25, -0.2) is 9.78 Å². The van der Waals surface area contributed by atoms with Gasteiger partial charge >= 0.3 is 6.09 Å². The van der Waals surface area contributed by atoms with Crippen molar-refractivity contribution in [3.05, 3.63) is 28.9 Å². The number of rotatable bonds is 3. The molecular formula is C11H17N3O3. The zero-order valence-electron chi connectivity index (χ0n) is 10.3. The molecule has 0 radical (unpaired) electrons. The summed E-state index contributed by atoms with van der Waals surface area (Å²) in [5, 5.41) is 2.57. The van der Waals surface area contributed by atoms with E-state index in [2.05, 4.69) is 10.3 Å². The van der Waals surface area contributed by atoms with Gasteiger partial charge < -0.3 is 10.1 Å². The molecule has 94 valence electrons. The van der Waals surface area contributed by atoms with Gasteiger partial charge in [-0.15, -0.1) is 0 Å². The smallest absolute Gasteiger partial charge is 0.407 e. The van der Waals surface area contributed by atoms with Crippen molar-refractivity contribution >= 4 is 6.09 Å². The van der Waals surface area contributed by atoms with Crippen LogP contribution in [0.5, 0.6) is 0 Å². The first-order chi connectivity index (χ1) is 7.88. The van der Waals surface area contributed by atoms with Gasteiger partial charge in [-0.2, -0.15) is 0 Å². The summed E-state index contributed by atoms with van der Waals surface area (Å²) in [7, 11) is 0. The SMILES string of the molecule is CC(C)(C)OC(=O)NCCn1cnccc1=O. The molecule has 0 bridgehead atoms. The lowest BCUT2D eigenvalue weighted by atomic mass is 10.2. The summed E-state index contributed by atoms with van der Waals surface area (Å²) in [6.45, 7) is 6.06. The van der Waals surface area contributed by atoms with Gasteiger partial charge in [0.25, 0.3) is 5.56 Å². The molecule has 0 spiro atoms. The first-order valence-corrected chi connectivity index (χ1v) is 5.36. The largest absolute Gasteiger partial charge is 0.444 e. The lowest BCUT2D eigenvalue weighted by Crippen LogP contribution is -2.35. The van der Waals surface area contributed by atoms with Crippen molar-refractivity contribution in [2.75, 3.05) is 6.54 Å². The normalized spacial score (nSPS) is 11.0. The van der Waals surface area contributed by atoms with Crippen LogP contribution < -0.4 is 10.9 Å². The highest BCUT2D eigenvalue weighted by Gasteiger charge is 2.15. The Morgan fingerprint density at radius 2 is 2.24 bits per heavy atom. The van der Waals surface area contributed by atoms with E-state index < -0.39 is 11.7 Å². The predicted octanol–water partition coefficient (Wildman–Crippen LogP) is 0.768. The molecule has 6 heteroatoms. The lowest BCUT2D eigenvalue weighted by molar-refractivity contribution is 0.0526. The Morgan fingerprint density at radius 3 is 2.82 bits per heavy atom. The number of carbonyl (C=O) groups excluding carboxylic acids is 1. The molecule has 17 heavy (non-hydrogen) atoms. The van der Waals surface area contributed by atoms with Crippen LogP contribution in [-0.4, -0.2) is 27.8 Å². The Hall–Kier alpha value is -1.85. The molecule has 1 amide bonds. The Bertz CT molecular complexity index is 434. The summed E-state index contributed by atoms with van der Waals surface area (Å²) >= 11 is 0. The van der Waals surface area contributed by atoms with Crippen LogP contribution in [0.15, 0.2) is 23.4 Å². The van der Waals surface area contributed by atoms with E-state index in [1.807, 2.05) is 0 Å². The second-order valence-corrected chi connectivity index (χ2v) is 4.54. The van der Waals surface area contributed by atoms with E-state index in [1.54, 1.807) is 20.8 Å². The van der Waals surface area contributed by atoms with Crippen molar-refractivity contribution < 1.29 is 9.53 Å². The molecule has 6 nitrogen and oxygen atoms in total. The standard InChI is InChI=1S/C11H17N3O3/c1-11(2,3)17-10(16)13-6-7-14-8-12-5-4-9(14)15/h4-5,8H,6-7H2,1-3H3,(H,13,16). The maximum absolute atomic E-state index is 11.3. The molecule has 1 rings (SSSR count). The molecule has 0 saturated carbocycles. The molecule has 0 aliphatic heterocycles. The number of hydrogen-bond donors (Lipinski definition) is 1. The average molecular weight is 239 g/mol. The lowest BCUT2D eigenvalue weighted by Gasteiger charge is -2.19. The third-order valence-electron chi connectivity index (χ3n) is 1.81. The third kappa shape index (κ3) is 5.14. The monoisotopic (exact) mass is 239 g/mol. The Balaban J connectivity index is 2.36. The number of hydrogen-bond acceptors (Lipinski definition) is 4. The van der Waals surface area contributed by atoms with Crippen molar-refractivity contribution in [1.82, 2.24) is 14.9 Å². The second-order valence-electron chi connectivity index (χ2n) is 4.54. The summed E-state index contributed by atoms with van der Waals surface area (Å²) < 4.78 is 6.47. The number of nitrogens with zero attached hydrogens (tertiary/aromatic N) is 2. The molecule has 0 aliphatic rings. The highest BCUT2D eigenvalue weighted by Crippen LogP contribution is 2.05. The molecule has 0 fully saturated rings. The van der Waals surface area contributed by atoms with Crippen LogP contribution in [0, 0.1) is 0 Å². The number of carbonyl (C=O) groups is 1. The van der Waals surface area contributed by atoms with E-state index in [1.165, 1.54) is 23.2 Å². The summed E-state index contributed by atoms with van der Waals surface area (Å²) in [6.07, 6.45) is 2.37. The highest BCUT2D eigenvalue weighted by molar-refractivity contribution is 5.67. The van der Waals surface area contributed by atoms with E-state index in [0.717, 1.165) is 0 Å². The Labute approximate surface area is 99.6 Å². The van der Waals surface area contributed by atoms with Gasteiger partial charge in [-0.05, 0) is 20.8 Å². The van der Waals surface area contributed by atoms with Gasteiger partial charge in [0.2, 0.25) is 0 Å². The van der Waals surface area contributed by atoms with E-state index in [4.69, 9.17) is 4.74 Å². The Morgan fingerprint density at radius 1 is 1.53 bits per heavy atom. The fourth-order valence-corrected chi connectivity index (χ4v) is 1.14. The van der Waals surface area contributed by atoms with Crippen molar-refractivity contribution in [3.8, 4) is 0 Å². The quantitative estimate of drug-likeness (QED) is 0.845. The molecule has 0 unspecified atom stereocenters. The minimum absolute atomic E-state index is 0.147. The number of ether oxygens (including phenoxy) is 1. The van der Waals surface area contributed by atoms with Crippen molar-refractivity contribution in [3.63, 3.8) is 0 Å². The summed E-state index contributed by atoms with van der Waals surface area (Å²) in [6, 6.07) is 1.37. The topological polar surface area (TPSA) is 73.2 Å². The first-order valence-electron chi connectivity index (χ1n) is 5.36. The first kappa shape index (κ1) is 13.2. The van der Waals surface area contributed by atoms with E-state index in [0.29, 0.717) is 13.1 Å². The molecule has 0 atom stereocenters. The number of aromatic nitrogens is 2. The predicted molar refractivity (Wildman–Crippen MR) is 62.7 cm³/mol. The van der Waals surface area contributed by atoms with Crippen LogP contribution >= 0.6 is 0 Å². The molecule has 0 aliphatic carbocycles. The van der Waals surface area contributed by atoms with Gasteiger partial charge in [-0.3, -0.25) is 9.36 Å². The van der Waals surface area contributed by atoms with Gasteiger partial charge in [0.15, 0.2) is 0 Å². The van der Waals surface area contributed by atoms with Crippen LogP contribution in [-0.2, 0) is 11.3 Å². The van der Waals surface area contributed by atoms with Crippen LogP contribution in [0.2, 0.25) is 0 Å². The zero-order valence-corrected chi connectivity index (χ0v) is 10.3. The van der Waals surface area contributed by atoms with E-state index >= 15 is 0 Å². The molecule has 0 saturated heterocycles. The average Bonchev–Trinajstić information content (AvgIpc) is 2.18. The third-order valence-corrected chi connectivity index (χ3v) is 1.81. The summed E-state index contributed by atoms with van der Waals surface area (Å²) in [5.41, 5.74) is -0.666. The van der Waals surface area contributed by atoms with Crippen LogP contribution in [0.3, 0.4) is 0 Å². The molecular weight excluding hydrogens is 222 g/mol. The molecule has 1 N–H and O–H groups in total. The second kappa shape index (κ2) is 5.47. The maximum Gasteiger partial charge on any atom is 0.407 e. The van der Waals surface area contributed by atoms with Gasteiger partial charge in [0.05, 0.1) is 6.33 Å². The zero-order chi connectivity index (χ0) is 12.9. The molecule has 1 heterocycles. The van der Waals surface area contributed by atoms with Crippen LogP contribution in [0.4, 0.5) is 4.79 Å². The van der Waals surface area contributed by atoms with Crippen molar-refractivity contribution in [2.45, 2.75) is 32.9 Å². The minimum atomic E-state index is -0.519. The minimum Gasteiger partial charge on any atom is -0.444 e. The number of nitrogens with one attached hydrogen (secondary N) is 1. The van der Waals surface area contributed by atoms with Gasteiger partial charge in [0, 0.05) is 25.4 Å². The summed E-state index contributed by atoms with van der Waals surface area (Å²) in [4.78, 5) is 26.4. The van der Waals surface area contributed by atoms with Crippen LogP contribution in [0.25, 0.3) is 0 Å². The fourth-order valence-electron chi connectivity index (χ4n) is 1.14. The van der Waals surface area contributed by atoms with E-state index in [9.17, 15) is 9.59 Å². The molecule has 1 aromatic heterocycles. The van der Waals surface area contributed by atoms with Crippen molar-refractivity contribution in [1.29, 1.82) is 0 Å². The van der Waals surface area contributed by atoms with Crippen molar-refractivity contribution in [2.24, 2.45) is 0 Å². The fraction of sp³-hybridized carbons (Fsp3) is 0.545. The number of alkyl carbamates (subject to hydrolysis) is 1. The molecule has 0 aromatic carbocycles. The highest BCUT2D eigenvalue weighted by atomic mass is 16.6. The van der Waals surface area contributed by atoms with Gasteiger partial charge in [-0.1, -0.05) is 0 Å². The van der Waals surface area contributed by atoms with E-state index in [-0.39, 0.29) is 5.56 Å². The van der Waals surface area contributed by atoms with Crippen LogP contribution in [0.1, 0.15) is 20.8 Å². The number of amides is 1. The van der Waals surface area contributed by atoms with Gasteiger partial charge in [0.1, 0.15) is 5.60 Å². The Kier molecular flexibility index (Phi) is 4.25. The summed E-state index contributed by atoms with van der Waals surface area (Å²) in [5.74, 6) is 0. The molecule has 1 aromatic rings. The maximum atomic E-state index is 11.3.